The predicted molar refractivity (Wildman–Crippen MR) is 70.8 cm³/mol. The third kappa shape index (κ3) is 2.97. The van der Waals surface area contributed by atoms with Gasteiger partial charge in [0.25, 0.3) is 0 Å². The molecular formula is C13H20ClFN2. The molecule has 0 amide bonds. The smallest absolute Gasteiger partial charge is 0.123 e. The van der Waals surface area contributed by atoms with Gasteiger partial charge in [0.2, 0.25) is 0 Å². The van der Waals surface area contributed by atoms with Crippen molar-refractivity contribution in [3.05, 3.63) is 35.6 Å². The highest BCUT2D eigenvalue weighted by Crippen LogP contribution is 2.36. The number of rotatable bonds is 4. The fraction of sp³-hybridized carbons (Fsp3) is 0.538. The van der Waals surface area contributed by atoms with E-state index in [2.05, 4.69) is 11.9 Å². The molecule has 96 valence electrons. The Morgan fingerprint density at radius 2 is 1.88 bits per heavy atom. The van der Waals surface area contributed by atoms with Crippen molar-refractivity contribution in [2.45, 2.75) is 31.3 Å². The first-order chi connectivity index (χ1) is 7.66. The minimum Gasteiger partial charge on any atom is -0.329 e. The van der Waals surface area contributed by atoms with Gasteiger partial charge in [-0.25, -0.2) is 4.39 Å². The molecule has 1 saturated carbocycles. The van der Waals surface area contributed by atoms with Gasteiger partial charge in [0.1, 0.15) is 5.82 Å². The Bertz CT molecular complexity index is 343. The highest BCUT2D eigenvalue weighted by Gasteiger charge is 2.39. The van der Waals surface area contributed by atoms with Crippen LogP contribution >= 0.6 is 12.4 Å². The van der Waals surface area contributed by atoms with Gasteiger partial charge < -0.3 is 5.73 Å². The van der Waals surface area contributed by atoms with Crippen LogP contribution in [0.2, 0.25) is 0 Å². The summed E-state index contributed by atoms with van der Waals surface area (Å²) in [4.78, 5) is 2.31. The standard InChI is InChI=1S/C13H19FN2.ClH/c1-16(13(10-15)7-2-8-13)9-11-3-5-12(14)6-4-11;/h3-6H,2,7-10,15H2,1H3;1H. The summed E-state index contributed by atoms with van der Waals surface area (Å²) in [5, 5.41) is 0. The summed E-state index contributed by atoms with van der Waals surface area (Å²) in [6, 6.07) is 6.71. The normalized spacial score (nSPS) is 17.4. The van der Waals surface area contributed by atoms with Crippen molar-refractivity contribution in [2.75, 3.05) is 13.6 Å². The maximum absolute atomic E-state index is 12.8. The van der Waals surface area contributed by atoms with Crippen LogP contribution in [0, 0.1) is 5.82 Å². The van der Waals surface area contributed by atoms with Crippen LogP contribution in [-0.4, -0.2) is 24.0 Å². The SMILES string of the molecule is CN(Cc1ccc(F)cc1)C1(CN)CCC1.Cl. The first kappa shape index (κ1) is 14.4. The minimum atomic E-state index is -0.177. The molecule has 4 heteroatoms. The Morgan fingerprint density at radius 1 is 1.29 bits per heavy atom. The van der Waals surface area contributed by atoms with Gasteiger partial charge in [-0.3, -0.25) is 4.90 Å². The van der Waals surface area contributed by atoms with E-state index < -0.39 is 0 Å². The van der Waals surface area contributed by atoms with Crippen LogP contribution in [0.15, 0.2) is 24.3 Å². The maximum Gasteiger partial charge on any atom is 0.123 e. The molecule has 17 heavy (non-hydrogen) atoms. The molecule has 2 nitrogen and oxygen atoms in total. The Balaban J connectivity index is 0.00000144. The molecule has 0 saturated heterocycles. The van der Waals surface area contributed by atoms with E-state index in [-0.39, 0.29) is 23.8 Å². The Kier molecular flexibility index (Phi) is 4.92. The van der Waals surface area contributed by atoms with Gasteiger partial charge in [0, 0.05) is 18.6 Å². The Hall–Kier alpha value is -0.640. The maximum atomic E-state index is 12.8. The van der Waals surface area contributed by atoms with Crippen molar-refractivity contribution in [2.24, 2.45) is 5.73 Å². The second-order valence-corrected chi connectivity index (χ2v) is 4.76. The minimum absolute atomic E-state index is 0. The first-order valence-electron chi connectivity index (χ1n) is 5.82. The molecule has 0 aliphatic heterocycles. The van der Waals surface area contributed by atoms with Crippen molar-refractivity contribution in [3.8, 4) is 0 Å². The molecular weight excluding hydrogens is 239 g/mol. The molecule has 2 N–H and O–H groups in total. The van der Waals surface area contributed by atoms with E-state index in [0.717, 1.165) is 12.1 Å². The summed E-state index contributed by atoms with van der Waals surface area (Å²) >= 11 is 0. The van der Waals surface area contributed by atoms with E-state index in [1.807, 2.05) is 12.1 Å². The lowest BCUT2D eigenvalue weighted by atomic mass is 9.75. The second-order valence-electron chi connectivity index (χ2n) is 4.76. The number of nitrogens with two attached hydrogens (primary N) is 1. The van der Waals surface area contributed by atoms with Crippen molar-refractivity contribution >= 4 is 12.4 Å². The van der Waals surface area contributed by atoms with Crippen LogP contribution in [0.5, 0.6) is 0 Å². The molecule has 0 radical (unpaired) electrons. The second kappa shape index (κ2) is 5.80. The average molecular weight is 259 g/mol. The summed E-state index contributed by atoms with van der Waals surface area (Å²) in [6.07, 6.45) is 3.63. The summed E-state index contributed by atoms with van der Waals surface area (Å²) in [7, 11) is 2.11. The van der Waals surface area contributed by atoms with E-state index in [1.165, 1.54) is 31.4 Å². The average Bonchev–Trinajstić information content (AvgIpc) is 2.21. The topological polar surface area (TPSA) is 29.3 Å². The van der Waals surface area contributed by atoms with Crippen molar-refractivity contribution < 1.29 is 4.39 Å². The Labute approximate surface area is 108 Å². The number of halogens is 2. The molecule has 1 aliphatic rings. The highest BCUT2D eigenvalue weighted by molar-refractivity contribution is 5.85. The van der Waals surface area contributed by atoms with Crippen molar-refractivity contribution in [1.82, 2.24) is 4.90 Å². The van der Waals surface area contributed by atoms with E-state index in [9.17, 15) is 4.39 Å². The largest absolute Gasteiger partial charge is 0.329 e. The van der Waals surface area contributed by atoms with Crippen LogP contribution in [0.25, 0.3) is 0 Å². The third-order valence-electron chi connectivity index (χ3n) is 3.81. The van der Waals surface area contributed by atoms with Gasteiger partial charge in [-0.15, -0.1) is 12.4 Å². The molecule has 0 bridgehead atoms. The van der Waals surface area contributed by atoms with Crippen LogP contribution in [0.1, 0.15) is 24.8 Å². The number of hydrogen-bond donors (Lipinski definition) is 1. The van der Waals surface area contributed by atoms with Crippen molar-refractivity contribution in [1.29, 1.82) is 0 Å². The third-order valence-corrected chi connectivity index (χ3v) is 3.81. The lowest BCUT2D eigenvalue weighted by Gasteiger charge is -2.48. The zero-order valence-electron chi connectivity index (χ0n) is 10.2. The molecule has 0 spiro atoms. The monoisotopic (exact) mass is 258 g/mol. The molecule has 1 aromatic rings. The first-order valence-corrected chi connectivity index (χ1v) is 5.82. The van der Waals surface area contributed by atoms with Gasteiger partial charge in [0.15, 0.2) is 0 Å². The number of likely N-dealkylation sites (N-methyl/N-ethyl adjacent to an activating group) is 1. The van der Waals surface area contributed by atoms with Crippen LogP contribution in [0.4, 0.5) is 4.39 Å². The number of benzene rings is 1. The van der Waals surface area contributed by atoms with Gasteiger partial charge >= 0.3 is 0 Å². The molecule has 1 fully saturated rings. The molecule has 1 aliphatic carbocycles. The predicted octanol–water partition coefficient (Wildman–Crippen LogP) is 2.56. The summed E-state index contributed by atoms with van der Waals surface area (Å²) in [5.74, 6) is -0.177. The fourth-order valence-corrected chi connectivity index (χ4v) is 2.36. The number of nitrogens with zero attached hydrogens (tertiary/aromatic N) is 1. The molecule has 0 aromatic heterocycles. The quantitative estimate of drug-likeness (QED) is 0.900. The van der Waals surface area contributed by atoms with Gasteiger partial charge in [0.05, 0.1) is 0 Å². The lowest BCUT2D eigenvalue weighted by molar-refractivity contribution is 0.0398. The lowest BCUT2D eigenvalue weighted by Crippen LogP contribution is -2.56. The summed E-state index contributed by atoms with van der Waals surface area (Å²) in [5.41, 5.74) is 7.18. The fourth-order valence-electron chi connectivity index (χ4n) is 2.36. The van der Waals surface area contributed by atoms with Gasteiger partial charge in [-0.1, -0.05) is 12.1 Å². The van der Waals surface area contributed by atoms with E-state index in [4.69, 9.17) is 5.73 Å². The molecule has 2 rings (SSSR count). The van der Waals surface area contributed by atoms with Crippen LogP contribution in [0.3, 0.4) is 0 Å². The van der Waals surface area contributed by atoms with Crippen LogP contribution in [-0.2, 0) is 6.54 Å². The van der Waals surface area contributed by atoms with Gasteiger partial charge in [-0.2, -0.15) is 0 Å². The molecule has 0 atom stereocenters. The van der Waals surface area contributed by atoms with E-state index in [1.54, 1.807) is 0 Å². The summed E-state index contributed by atoms with van der Waals surface area (Å²) in [6.45, 7) is 1.56. The van der Waals surface area contributed by atoms with Gasteiger partial charge in [-0.05, 0) is 44.0 Å². The van der Waals surface area contributed by atoms with E-state index in [0.29, 0.717) is 6.54 Å². The van der Waals surface area contributed by atoms with Crippen molar-refractivity contribution in [3.63, 3.8) is 0 Å². The van der Waals surface area contributed by atoms with E-state index >= 15 is 0 Å². The zero-order chi connectivity index (χ0) is 11.6. The Morgan fingerprint density at radius 3 is 2.29 bits per heavy atom. The molecule has 1 aromatic carbocycles. The zero-order valence-corrected chi connectivity index (χ0v) is 11.0. The van der Waals surface area contributed by atoms with Crippen LogP contribution < -0.4 is 5.73 Å². The number of hydrogen-bond acceptors (Lipinski definition) is 2. The molecule has 0 heterocycles. The summed E-state index contributed by atoms with van der Waals surface area (Å²) < 4.78 is 12.8. The molecule has 0 unspecified atom stereocenters. The highest BCUT2D eigenvalue weighted by atomic mass is 35.5.